The molecule has 2 fully saturated rings. The summed E-state index contributed by atoms with van der Waals surface area (Å²) in [6, 6.07) is 9.09. The quantitative estimate of drug-likeness (QED) is 0.259. The third-order valence-electron chi connectivity index (χ3n) is 7.11. The van der Waals surface area contributed by atoms with Gasteiger partial charge in [0.25, 0.3) is 11.8 Å². The molecule has 38 heavy (non-hydrogen) atoms. The SMILES string of the molecule is CC(=NNC(=O)c1ccc(C(=O)N2CCC(N3CCCC3)CC2)s1)c1csc(-c2ccc(Cl)c(Cl)c2)c1O. The maximum atomic E-state index is 13.0. The van der Waals surface area contributed by atoms with Crippen molar-refractivity contribution < 1.29 is 14.7 Å². The van der Waals surface area contributed by atoms with Gasteiger partial charge in [-0.15, -0.1) is 22.7 Å². The summed E-state index contributed by atoms with van der Waals surface area (Å²) < 4.78 is 0. The minimum Gasteiger partial charge on any atom is -0.506 e. The summed E-state index contributed by atoms with van der Waals surface area (Å²) in [5.41, 5.74) is 4.24. The van der Waals surface area contributed by atoms with E-state index in [0.29, 0.717) is 42.0 Å². The molecule has 3 aromatic rings. The molecule has 2 aliphatic heterocycles. The van der Waals surface area contributed by atoms with E-state index in [0.717, 1.165) is 31.5 Å². The number of amides is 2. The number of carbonyl (C=O) groups is 2. The van der Waals surface area contributed by atoms with Crippen molar-refractivity contribution in [3.05, 3.63) is 61.1 Å². The number of likely N-dealkylation sites (tertiary alicyclic amines) is 2. The topological polar surface area (TPSA) is 85.2 Å². The molecule has 0 saturated carbocycles. The number of hydrogen-bond acceptors (Lipinski definition) is 7. The lowest BCUT2D eigenvalue weighted by molar-refractivity contribution is 0.0649. The third-order valence-corrected chi connectivity index (χ3v) is 9.94. The number of nitrogens with zero attached hydrogens (tertiary/aromatic N) is 3. The minimum atomic E-state index is -0.402. The van der Waals surface area contributed by atoms with Crippen LogP contribution in [0.15, 0.2) is 40.8 Å². The van der Waals surface area contributed by atoms with Gasteiger partial charge in [0, 0.05) is 24.5 Å². The molecular formula is C27H28Cl2N4O3S2. The lowest BCUT2D eigenvalue weighted by Crippen LogP contribution is -2.45. The van der Waals surface area contributed by atoms with Crippen LogP contribution in [0.3, 0.4) is 0 Å². The Balaban J connectivity index is 1.19. The molecule has 0 bridgehead atoms. The molecule has 11 heteroatoms. The van der Waals surface area contributed by atoms with Gasteiger partial charge in [0.2, 0.25) is 0 Å². The molecule has 2 aliphatic rings. The predicted octanol–water partition coefficient (Wildman–Crippen LogP) is 6.34. The van der Waals surface area contributed by atoms with Gasteiger partial charge in [-0.1, -0.05) is 29.3 Å². The highest BCUT2D eigenvalue weighted by Crippen LogP contribution is 2.40. The molecule has 0 aliphatic carbocycles. The Hall–Kier alpha value is -2.43. The van der Waals surface area contributed by atoms with Crippen LogP contribution in [0.2, 0.25) is 10.0 Å². The number of halogens is 2. The van der Waals surface area contributed by atoms with Crippen molar-refractivity contribution in [1.29, 1.82) is 0 Å². The van der Waals surface area contributed by atoms with E-state index in [-0.39, 0.29) is 11.7 Å². The zero-order chi connectivity index (χ0) is 26.8. The highest BCUT2D eigenvalue weighted by atomic mass is 35.5. The molecular weight excluding hydrogens is 563 g/mol. The minimum absolute atomic E-state index is 0.0216. The third kappa shape index (κ3) is 5.77. The van der Waals surface area contributed by atoms with Crippen molar-refractivity contribution in [2.24, 2.45) is 5.10 Å². The van der Waals surface area contributed by atoms with Gasteiger partial charge in [-0.05, 0) is 75.5 Å². The van der Waals surface area contributed by atoms with Gasteiger partial charge < -0.3 is 14.9 Å². The Kier molecular flexibility index (Phi) is 8.40. The summed E-state index contributed by atoms with van der Waals surface area (Å²) in [7, 11) is 0. The number of aromatic hydroxyl groups is 1. The van der Waals surface area contributed by atoms with Crippen LogP contribution in [-0.2, 0) is 0 Å². The zero-order valence-corrected chi connectivity index (χ0v) is 24.0. The van der Waals surface area contributed by atoms with E-state index in [1.54, 1.807) is 42.6 Å². The first-order valence-electron chi connectivity index (χ1n) is 12.6. The predicted molar refractivity (Wildman–Crippen MR) is 155 cm³/mol. The van der Waals surface area contributed by atoms with Gasteiger partial charge in [-0.3, -0.25) is 9.59 Å². The van der Waals surface area contributed by atoms with E-state index in [4.69, 9.17) is 23.2 Å². The van der Waals surface area contributed by atoms with Gasteiger partial charge in [0.1, 0.15) is 5.75 Å². The fourth-order valence-electron chi connectivity index (χ4n) is 4.97. The van der Waals surface area contributed by atoms with Gasteiger partial charge in [-0.2, -0.15) is 5.10 Å². The Morgan fingerprint density at radius 3 is 2.45 bits per heavy atom. The summed E-state index contributed by atoms with van der Waals surface area (Å²) in [6.45, 7) is 5.55. The molecule has 1 aromatic carbocycles. The number of thiophene rings is 2. The van der Waals surface area contributed by atoms with Crippen molar-refractivity contribution in [3.8, 4) is 16.2 Å². The monoisotopic (exact) mass is 590 g/mol. The second-order valence-electron chi connectivity index (χ2n) is 9.52. The van der Waals surface area contributed by atoms with Gasteiger partial charge in [0.05, 0.1) is 36.0 Å². The smallest absolute Gasteiger partial charge is 0.281 e. The average molecular weight is 592 g/mol. The molecule has 7 nitrogen and oxygen atoms in total. The molecule has 4 heterocycles. The lowest BCUT2D eigenvalue weighted by Gasteiger charge is -2.36. The standard InChI is InChI=1S/C27H28Cl2N4O3S2/c1-16(19-15-37-25(24(19)34)17-4-5-20(28)21(29)14-17)30-31-26(35)22-6-7-23(38-22)27(36)33-12-8-18(9-13-33)32-10-2-3-11-32/h4-7,14-15,18,34H,2-3,8-13H2,1H3,(H,31,35). The van der Waals surface area contributed by atoms with Crippen LogP contribution >= 0.6 is 45.9 Å². The van der Waals surface area contributed by atoms with Crippen molar-refractivity contribution in [1.82, 2.24) is 15.2 Å². The normalized spacial score (nSPS) is 17.2. The Labute approximate surface area is 239 Å². The van der Waals surface area contributed by atoms with Crippen LogP contribution in [0, 0.1) is 0 Å². The van der Waals surface area contributed by atoms with E-state index in [2.05, 4.69) is 15.4 Å². The van der Waals surface area contributed by atoms with Crippen molar-refractivity contribution >= 4 is 63.4 Å². The molecule has 0 unspecified atom stereocenters. The summed E-state index contributed by atoms with van der Waals surface area (Å²) >= 11 is 14.6. The lowest BCUT2D eigenvalue weighted by atomic mass is 10.0. The summed E-state index contributed by atoms with van der Waals surface area (Å²) in [4.78, 5) is 31.8. The first-order valence-corrected chi connectivity index (χ1v) is 15.0. The zero-order valence-electron chi connectivity index (χ0n) is 20.9. The first kappa shape index (κ1) is 27.1. The highest BCUT2D eigenvalue weighted by molar-refractivity contribution is 7.16. The van der Waals surface area contributed by atoms with E-state index in [1.165, 1.54) is 48.6 Å². The molecule has 2 N–H and O–H groups in total. The van der Waals surface area contributed by atoms with E-state index in [1.807, 2.05) is 4.90 Å². The van der Waals surface area contributed by atoms with E-state index in [9.17, 15) is 14.7 Å². The second-order valence-corrected chi connectivity index (χ2v) is 12.3. The number of benzene rings is 1. The van der Waals surface area contributed by atoms with Crippen LogP contribution < -0.4 is 5.43 Å². The van der Waals surface area contributed by atoms with Crippen LogP contribution in [-0.4, -0.2) is 64.7 Å². The van der Waals surface area contributed by atoms with E-state index >= 15 is 0 Å². The van der Waals surface area contributed by atoms with Gasteiger partial charge in [0.15, 0.2) is 0 Å². The molecule has 0 atom stereocenters. The number of carbonyl (C=O) groups excluding carboxylic acids is 2. The number of piperidine rings is 1. The van der Waals surface area contributed by atoms with E-state index < -0.39 is 5.91 Å². The molecule has 2 aromatic heterocycles. The first-order chi connectivity index (χ1) is 18.3. The Morgan fingerprint density at radius 2 is 1.74 bits per heavy atom. The van der Waals surface area contributed by atoms with Crippen molar-refractivity contribution in [2.75, 3.05) is 26.2 Å². The van der Waals surface area contributed by atoms with Crippen LogP contribution in [0.4, 0.5) is 0 Å². The summed E-state index contributed by atoms with van der Waals surface area (Å²) in [5, 5.41) is 17.6. The van der Waals surface area contributed by atoms with Crippen LogP contribution in [0.5, 0.6) is 5.75 Å². The van der Waals surface area contributed by atoms with Crippen molar-refractivity contribution in [3.63, 3.8) is 0 Å². The maximum Gasteiger partial charge on any atom is 0.281 e. The molecule has 2 amide bonds. The largest absolute Gasteiger partial charge is 0.506 e. The molecule has 0 spiro atoms. The summed E-state index contributed by atoms with van der Waals surface area (Å²) in [6.07, 6.45) is 4.55. The molecule has 0 radical (unpaired) electrons. The number of nitrogens with one attached hydrogen (secondary N) is 1. The average Bonchev–Trinajstić information content (AvgIpc) is 3.70. The number of hydrazone groups is 1. The van der Waals surface area contributed by atoms with Gasteiger partial charge >= 0.3 is 0 Å². The fraction of sp³-hybridized carbons (Fsp3) is 0.370. The van der Waals surface area contributed by atoms with Crippen LogP contribution in [0.25, 0.3) is 10.4 Å². The Morgan fingerprint density at radius 1 is 1.03 bits per heavy atom. The highest BCUT2D eigenvalue weighted by Gasteiger charge is 2.29. The number of hydrogen-bond donors (Lipinski definition) is 2. The summed E-state index contributed by atoms with van der Waals surface area (Å²) in [5.74, 6) is -0.367. The van der Waals surface area contributed by atoms with Crippen molar-refractivity contribution in [2.45, 2.75) is 38.6 Å². The molecule has 200 valence electrons. The second kappa shape index (κ2) is 11.8. The maximum absolute atomic E-state index is 13.0. The Bertz CT molecular complexity index is 1370. The van der Waals surface area contributed by atoms with Gasteiger partial charge in [-0.25, -0.2) is 5.43 Å². The van der Waals surface area contributed by atoms with Crippen LogP contribution in [0.1, 0.15) is 57.5 Å². The molecule has 2 saturated heterocycles. The number of rotatable bonds is 6. The molecule has 5 rings (SSSR count). The fourth-order valence-corrected chi connectivity index (χ4v) is 7.14.